The van der Waals surface area contributed by atoms with Gasteiger partial charge in [-0.15, -0.1) is 0 Å². The molecule has 0 heterocycles. The summed E-state index contributed by atoms with van der Waals surface area (Å²) in [6.45, 7) is 14.1. The van der Waals surface area contributed by atoms with E-state index in [2.05, 4.69) is 65.0 Å². The van der Waals surface area contributed by atoms with E-state index in [-0.39, 0.29) is 41.5 Å². The van der Waals surface area contributed by atoms with Crippen LogP contribution >= 0.6 is 0 Å². The maximum absolute atomic E-state index is 13.3. The normalized spacial score (nSPS) is 16.4. The molecular formula is C33H46O3. The van der Waals surface area contributed by atoms with Crippen LogP contribution in [0.2, 0.25) is 0 Å². The van der Waals surface area contributed by atoms with Gasteiger partial charge in [0, 0.05) is 17.9 Å². The van der Waals surface area contributed by atoms with E-state index in [1.807, 2.05) is 13.0 Å². The van der Waals surface area contributed by atoms with E-state index in [0.29, 0.717) is 6.42 Å². The smallest absolute Gasteiger partial charge is 0.163 e. The Bertz CT molecular complexity index is 1030. The lowest BCUT2D eigenvalue weighted by molar-refractivity contribution is -0.129. The van der Waals surface area contributed by atoms with Gasteiger partial charge in [0.25, 0.3) is 0 Å². The average Bonchev–Trinajstić information content (AvgIpc) is 2.82. The molecule has 3 atom stereocenters. The van der Waals surface area contributed by atoms with Crippen molar-refractivity contribution >= 4 is 17.3 Å². The highest BCUT2D eigenvalue weighted by Crippen LogP contribution is 2.39. The highest BCUT2D eigenvalue weighted by atomic mass is 16.1. The molecule has 0 spiro atoms. The Morgan fingerprint density at radius 3 is 2.17 bits per heavy atom. The summed E-state index contributed by atoms with van der Waals surface area (Å²) in [6.07, 6.45) is 6.29. The first-order valence-corrected chi connectivity index (χ1v) is 13.9. The second-order valence-electron chi connectivity index (χ2n) is 10.6. The molecule has 1 aliphatic carbocycles. The first-order valence-electron chi connectivity index (χ1n) is 13.9. The van der Waals surface area contributed by atoms with E-state index in [4.69, 9.17) is 0 Å². The Kier molecular flexibility index (Phi) is 11.8. The Morgan fingerprint density at radius 1 is 0.972 bits per heavy atom. The fraction of sp³-hybridized carbons (Fsp3) is 0.545. The van der Waals surface area contributed by atoms with Gasteiger partial charge in [0.1, 0.15) is 11.6 Å². The molecule has 0 fully saturated rings. The summed E-state index contributed by atoms with van der Waals surface area (Å²) in [7, 11) is 0. The van der Waals surface area contributed by atoms with Crippen LogP contribution in [-0.4, -0.2) is 17.3 Å². The minimum absolute atomic E-state index is 0.0318. The Morgan fingerprint density at radius 2 is 1.61 bits per heavy atom. The molecule has 0 amide bonds. The quantitative estimate of drug-likeness (QED) is 0.314. The largest absolute Gasteiger partial charge is 0.300 e. The minimum Gasteiger partial charge on any atom is -0.300 e. The van der Waals surface area contributed by atoms with E-state index >= 15 is 0 Å². The van der Waals surface area contributed by atoms with Crippen LogP contribution < -0.4 is 0 Å². The number of rotatable bonds is 10. The zero-order valence-corrected chi connectivity index (χ0v) is 23.6. The van der Waals surface area contributed by atoms with Gasteiger partial charge in [-0.3, -0.25) is 14.4 Å². The minimum atomic E-state index is -0.0926. The van der Waals surface area contributed by atoms with Crippen LogP contribution in [0.1, 0.15) is 107 Å². The van der Waals surface area contributed by atoms with Gasteiger partial charge in [-0.1, -0.05) is 83.4 Å². The predicted molar refractivity (Wildman–Crippen MR) is 151 cm³/mol. The summed E-state index contributed by atoms with van der Waals surface area (Å²) in [5, 5.41) is 0. The van der Waals surface area contributed by atoms with Crippen molar-refractivity contribution in [1.29, 1.82) is 0 Å². The van der Waals surface area contributed by atoms with Crippen LogP contribution in [0.3, 0.4) is 0 Å². The zero-order chi connectivity index (χ0) is 26.8. The fourth-order valence-corrected chi connectivity index (χ4v) is 5.85. The molecule has 1 aliphatic rings. The highest BCUT2D eigenvalue weighted by Gasteiger charge is 2.33. The average molecular weight is 491 g/mol. The number of Topliss-reactive ketones (excluding diaryl/α,β-unsaturated/α-hetero) is 3. The lowest BCUT2D eigenvalue weighted by Gasteiger charge is -2.32. The number of hydrogen-bond donors (Lipinski definition) is 0. The number of benzene rings is 2. The Labute approximate surface area is 219 Å². The molecule has 2 aromatic rings. The molecule has 3 nitrogen and oxygen atoms in total. The van der Waals surface area contributed by atoms with Crippen molar-refractivity contribution in [3.63, 3.8) is 0 Å². The van der Waals surface area contributed by atoms with Gasteiger partial charge in [0.15, 0.2) is 5.78 Å². The Balaban J connectivity index is 0.00000145. The van der Waals surface area contributed by atoms with Crippen molar-refractivity contribution in [1.82, 2.24) is 0 Å². The van der Waals surface area contributed by atoms with Gasteiger partial charge in [-0.05, 0) is 79.7 Å². The van der Waals surface area contributed by atoms with Crippen LogP contribution in [0.4, 0.5) is 0 Å². The van der Waals surface area contributed by atoms with E-state index in [1.165, 1.54) is 30.0 Å². The predicted octanol–water partition coefficient (Wildman–Crippen LogP) is 8.51. The molecule has 0 aliphatic heterocycles. The van der Waals surface area contributed by atoms with Crippen molar-refractivity contribution < 1.29 is 14.4 Å². The summed E-state index contributed by atoms with van der Waals surface area (Å²) in [5.41, 5.74) is 6.72. The van der Waals surface area contributed by atoms with Crippen molar-refractivity contribution in [3.05, 3.63) is 58.7 Å². The van der Waals surface area contributed by atoms with Crippen LogP contribution in [-0.2, 0) is 16.0 Å². The molecule has 0 bridgehead atoms. The van der Waals surface area contributed by atoms with Crippen molar-refractivity contribution in [2.45, 2.75) is 99.8 Å². The molecule has 3 heteroatoms. The van der Waals surface area contributed by atoms with Crippen molar-refractivity contribution in [2.75, 3.05) is 0 Å². The maximum Gasteiger partial charge on any atom is 0.163 e. The van der Waals surface area contributed by atoms with Crippen LogP contribution in [0, 0.1) is 31.6 Å². The lowest BCUT2D eigenvalue weighted by Crippen LogP contribution is -2.30. The monoisotopic (exact) mass is 490 g/mol. The molecule has 3 rings (SSSR count). The second kappa shape index (κ2) is 14.3. The highest BCUT2D eigenvalue weighted by molar-refractivity contribution is 6.01. The third-order valence-corrected chi connectivity index (χ3v) is 7.47. The molecule has 3 unspecified atom stereocenters. The molecule has 0 saturated heterocycles. The van der Waals surface area contributed by atoms with Gasteiger partial charge in [-0.2, -0.15) is 0 Å². The first kappa shape index (κ1) is 29.7. The standard InChI is InChI=1S/C30H38O3.C3H8/c1-6-11-24(26(7-2)28(32)14-19(3)31)15-22-16-25-18-27(23-12-9-8-10-13-23)20(4)21(5)30(25)29(33)17-22;1-3-2/h8-10,12-13,18,22,24,26H,6-7,11,14-17H2,1-5H3;3H2,1-2H3. The topological polar surface area (TPSA) is 51.2 Å². The van der Waals surface area contributed by atoms with Gasteiger partial charge in [-0.25, -0.2) is 0 Å². The van der Waals surface area contributed by atoms with Crippen molar-refractivity contribution in [3.8, 4) is 11.1 Å². The lowest BCUT2D eigenvalue weighted by atomic mass is 9.71. The molecule has 0 radical (unpaired) electrons. The second-order valence-corrected chi connectivity index (χ2v) is 10.6. The fourth-order valence-electron chi connectivity index (χ4n) is 5.85. The number of carbonyl (C=O) groups excluding carboxylic acids is 3. The molecule has 0 N–H and O–H groups in total. The molecule has 36 heavy (non-hydrogen) atoms. The van der Waals surface area contributed by atoms with E-state index in [1.54, 1.807) is 0 Å². The summed E-state index contributed by atoms with van der Waals surface area (Å²) < 4.78 is 0. The molecule has 2 aromatic carbocycles. The van der Waals surface area contributed by atoms with Gasteiger partial charge < -0.3 is 0 Å². The summed E-state index contributed by atoms with van der Waals surface area (Å²) >= 11 is 0. The van der Waals surface area contributed by atoms with Gasteiger partial charge in [0.05, 0.1) is 6.42 Å². The SMILES string of the molecule is CCC.CCCC(CC1CC(=O)c2c(cc(-c3ccccc3)c(C)c2C)C1)C(CC)C(=O)CC(C)=O. The van der Waals surface area contributed by atoms with Gasteiger partial charge in [0.2, 0.25) is 0 Å². The number of ketones is 3. The summed E-state index contributed by atoms with van der Waals surface area (Å²) in [6, 6.07) is 12.6. The van der Waals surface area contributed by atoms with E-state index < -0.39 is 0 Å². The third-order valence-electron chi connectivity index (χ3n) is 7.47. The van der Waals surface area contributed by atoms with Crippen LogP contribution in [0.25, 0.3) is 11.1 Å². The zero-order valence-electron chi connectivity index (χ0n) is 23.6. The number of carbonyl (C=O) groups is 3. The molecule has 0 saturated carbocycles. The molecular weight excluding hydrogens is 444 g/mol. The Hall–Kier alpha value is -2.55. The number of hydrogen-bond acceptors (Lipinski definition) is 3. The van der Waals surface area contributed by atoms with Crippen LogP contribution in [0.15, 0.2) is 36.4 Å². The third kappa shape index (κ3) is 7.48. The maximum atomic E-state index is 13.3. The molecule has 0 aromatic heterocycles. The summed E-state index contributed by atoms with van der Waals surface area (Å²) in [4.78, 5) is 37.6. The molecule has 196 valence electrons. The summed E-state index contributed by atoms with van der Waals surface area (Å²) in [5.74, 6) is 0.626. The van der Waals surface area contributed by atoms with Crippen molar-refractivity contribution in [2.24, 2.45) is 17.8 Å². The van der Waals surface area contributed by atoms with E-state index in [0.717, 1.165) is 48.8 Å². The first-order chi connectivity index (χ1) is 17.2. The van der Waals surface area contributed by atoms with Crippen LogP contribution in [0.5, 0.6) is 0 Å². The van der Waals surface area contributed by atoms with Gasteiger partial charge >= 0.3 is 0 Å². The number of fused-ring (bicyclic) bond motifs is 1. The van der Waals surface area contributed by atoms with E-state index in [9.17, 15) is 14.4 Å².